The van der Waals surface area contributed by atoms with Gasteiger partial charge in [0.2, 0.25) is 0 Å². The highest BCUT2D eigenvalue weighted by atomic mass is 16.4. The second-order valence-electron chi connectivity index (χ2n) is 4.94. The maximum absolute atomic E-state index is 11.8. The van der Waals surface area contributed by atoms with E-state index in [1.807, 2.05) is 13.8 Å². The smallest absolute Gasteiger partial charge is 0.335 e. The van der Waals surface area contributed by atoms with Crippen LogP contribution in [0, 0.1) is 5.92 Å². The molecule has 5 nitrogen and oxygen atoms in total. The Bertz CT molecular complexity index is 458. The Morgan fingerprint density at radius 3 is 2.63 bits per heavy atom. The molecule has 2 amide bonds. The molecule has 0 heterocycles. The molecule has 0 atom stereocenters. The Morgan fingerprint density at radius 2 is 2.05 bits per heavy atom. The van der Waals surface area contributed by atoms with E-state index in [2.05, 4.69) is 5.32 Å². The lowest BCUT2D eigenvalue weighted by Crippen LogP contribution is -2.38. The first kappa shape index (κ1) is 15.0. The summed E-state index contributed by atoms with van der Waals surface area (Å²) in [5.41, 5.74) is 0.994. The van der Waals surface area contributed by atoms with Gasteiger partial charge in [-0.1, -0.05) is 26.0 Å². The molecule has 0 fully saturated rings. The molecule has 0 saturated carbocycles. The van der Waals surface area contributed by atoms with Crippen LogP contribution < -0.4 is 5.32 Å². The first-order chi connectivity index (χ1) is 8.90. The van der Waals surface area contributed by atoms with Crippen molar-refractivity contribution in [3.63, 3.8) is 0 Å². The minimum atomic E-state index is -0.967. The normalized spacial score (nSPS) is 10.3. The number of carbonyl (C=O) groups excluding carboxylic acids is 1. The zero-order valence-electron chi connectivity index (χ0n) is 11.5. The van der Waals surface area contributed by atoms with Crippen LogP contribution in [0.15, 0.2) is 24.3 Å². The summed E-state index contributed by atoms with van der Waals surface area (Å²) in [4.78, 5) is 24.2. The first-order valence-corrected chi connectivity index (χ1v) is 6.21. The van der Waals surface area contributed by atoms with Crippen molar-refractivity contribution in [3.8, 4) is 0 Å². The molecular formula is C14H20N2O3. The molecule has 0 unspecified atom stereocenters. The third-order valence-electron chi connectivity index (χ3n) is 2.60. The summed E-state index contributed by atoms with van der Waals surface area (Å²) < 4.78 is 0. The van der Waals surface area contributed by atoms with E-state index in [0.717, 1.165) is 5.56 Å². The summed E-state index contributed by atoms with van der Waals surface area (Å²) in [6.45, 7) is 5.09. The van der Waals surface area contributed by atoms with Crippen LogP contribution >= 0.6 is 0 Å². The third-order valence-corrected chi connectivity index (χ3v) is 2.60. The average molecular weight is 264 g/mol. The molecule has 1 rings (SSSR count). The molecular weight excluding hydrogens is 244 g/mol. The number of aromatic carboxylic acids is 1. The monoisotopic (exact) mass is 264 g/mol. The number of nitrogens with one attached hydrogen (secondary N) is 1. The highest BCUT2D eigenvalue weighted by Crippen LogP contribution is 2.05. The summed E-state index contributed by atoms with van der Waals surface area (Å²) in [5.74, 6) is -0.559. The van der Waals surface area contributed by atoms with Gasteiger partial charge in [0.05, 0.1) is 5.56 Å². The number of rotatable bonds is 5. The number of carboxylic acid groups (broad SMARTS) is 1. The summed E-state index contributed by atoms with van der Waals surface area (Å²) >= 11 is 0. The molecule has 0 spiro atoms. The number of carboxylic acids is 1. The van der Waals surface area contributed by atoms with Crippen molar-refractivity contribution in [2.75, 3.05) is 13.6 Å². The van der Waals surface area contributed by atoms with E-state index >= 15 is 0 Å². The maximum Gasteiger partial charge on any atom is 0.335 e. The van der Waals surface area contributed by atoms with Gasteiger partial charge < -0.3 is 15.3 Å². The first-order valence-electron chi connectivity index (χ1n) is 6.21. The molecule has 0 aliphatic rings. The summed E-state index contributed by atoms with van der Waals surface area (Å²) in [6, 6.07) is 6.39. The molecule has 0 aliphatic heterocycles. The van der Waals surface area contributed by atoms with Gasteiger partial charge in [-0.05, 0) is 23.6 Å². The van der Waals surface area contributed by atoms with Crippen LogP contribution in [0.2, 0.25) is 0 Å². The van der Waals surface area contributed by atoms with E-state index < -0.39 is 5.97 Å². The molecule has 0 aliphatic carbocycles. The molecule has 0 bridgehead atoms. The van der Waals surface area contributed by atoms with Gasteiger partial charge in [0.15, 0.2) is 0 Å². The minimum absolute atomic E-state index is 0.158. The van der Waals surface area contributed by atoms with Gasteiger partial charge in [0.1, 0.15) is 0 Å². The number of amides is 2. The molecule has 5 heteroatoms. The Labute approximate surface area is 113 Å². The summed E-state index contributed by atoms with van der Waals surface area (Å²) in [5, 5.41) is 11.6. The van der Waals surface area contributed by atoms with Gasteiger partial charge in [0.25, 0.3) is 0 Å². The standard InChI is InChI=1S/C14H20N2O3/c1-10(2)9-16(3)14(19)15-8-11-5-4-6-12(7-11)13(17)18/h4-7,10H,8-9H2,1-3H3,(H,15,19)(H,17,18). The Morgan fingerprint density at radius 1 is 1.37 bits per heavy atom. The minimum Gasteiger partial charge on any atom is -0.478 e. The van der Waals surface area contributed by atoms with Crippen LogP contribution in [0.1, 0.15) is 29.8 Å². The van der Waals surface area contributed by atoms with Crippen molar-refractivity contribution >= 4 is 12.0 Å². The lowest BCUT2D eigenvalue weighted by atomic mass is 10.1. The van der Waals surface area contributed by atoms with E-state index in [0.29, 0.717) is 19.0 Å². The quantitative estimate of drug-likeness (QED) is 0.856. The largest absolute Gasteiger partial charge is 0.478 e. The Hall–Kier alpha value is -2.04. The van der Waals surface area contributed by atoms with Crippen molar-refractivity contribution in [3.05, 3.63) is 35.4 Å². The topological polar surface area (TPSA) is 69.6 Å². The van der Waals surface area contributed by atoms with E-state index in [1.165, 1.54) is 6.07 Å². The lowest BCUT2D eigenvalue weighted by molar-refractivity contribution is 0.0696. The van der Waals surface area contributed by atoms with E-state index in [1.54, 1.807) is 30.1 Å². The SMILES string of the molecule is CC(C)CN(C)C(=O)NCc1cccc(C(=O)O)c1. The molecule has 1 aromatic carbocycles. The van der Waals surface area contributed by atoms with Crippen LogP contribution in [-0.2, 0) is 6.54 Å². The fourth-order valence-corrected chi connectivity index (χ4v) is 1.76. The maximum atomic E-state index is 11.8. The number of nitrogens with zero attached hydrogens (tertiary/aromatic N) is 1. The third kappa shape index (κ3) is 4.99. The number of hydrogen-bond acceptors (Lipinski definition) is 2. The van der Waals surface area contributed by atoms with Gasteiger partial charge in [-0.2, -0.15) is 0 Å². The van der Waals surface area contributed by atoms with E-state index in [4.69, 9.17) is 5.11 Å². The second-order valence-corrected chi connectivity index (χ2v) is 4.94. The second kappa shape index (κ2) is 6.78. The van der Waals surface area contributed by atoms with Gasteiger partial charge in [-0.15, -0.1) is 0 Å². The summed E-state index contributed by atoms with van der Waals surface area (Å²) in [6.07, 6.45) is 0. The van der Waals surface area contributed by atoms with E-state index in [-0.39, 0.29) is 11.6 Å². The lowest BCUT2D eigenvalue weighted by Gasteiger charge is -2.20. The summed E-state index contributed by atoms with van der Waals surface area (Å²) in [7, 11) is 1.74. The van der Waals surface area contributed by atoms with Crippen molar-refractivity contribution in [1.29, 1.82) is 0 Å². The molecule has 2 N–H and O–H groups in total. The zero-order valence-corrected chi connectivity index (χ0v) is 11.5. The molecule has 0 saturated heterocycles. The van der Waals surface area contributed by atoms with Crippen molar-refractivity contribution in [2.45, 2.75) is 20.4 Å². The number of urea groups is 1. The fraction of sp³-hybridized carbons (Fsp3) is 0.429. The number of benzene rings is 1. The van der Waals surface area contributed by atoms with Gasteiger partial charge in [-0.3, -0.25) is 0 Å². The highest BCUT2D eigenvalue weighted by Gasteiger charge is 2.10. The van der Waals surface area contributed by atoms with E-state index in [9.17, 15) is 9.59 Å². The Balaban J connectivity index is 2.54. The molecule has 0 aromatic heterocycles. The zero-order chi connectivity index (χ0) is 14.4. The number of hydrogen-bond donors (Lipinski definition) is 2. The van der Waals surface area contributed by atoms with Crippen LogP contribution in [0.4, 0.5) is 4.79 Å². The fourth-order valence-electron chi connectivity index (χ4n) is 1.76. The molecule has 1 aromatic rings. The predicted molar refractivity (Wildman–Crippen MR) is 73.1 cm³/mol. The highest BCUT2D eigenvalue weighted by molar-refractivity contribution is 5.87. The van der Waals surface area contributed by atoms with Crippen LogP contribution in [0.25, 0.3) is 0 Å². The van der Waals surface area contributed by atoms with Crippen molar-refractivity contribution in [2.24, 2.45) is 5.92 Å². The van der Waals surface area contributed by atoms with Gasteiger partial charge >= 0.3 is 12.0 Å². The van der Waals surface area contributed by atoms with Crippen molar-refractivity contribution in [1.82, 2.24) is 10.2 Å². The molecule has 104 valence electrons. The molecule has 19 heavy (non-hydrogen) atoms. The van der Waals surface area contributed by atoms with Crippen LogP contribution in [0.5, 0.6) is 0 Å². The average Bonchev–Trinajstić information content (AvgIpc) is 2.35. The van der Waals surface area contributed by atoms with Crippen molar-refractivity contribution < 1.29 is 14.7 Å². The van der Waals surface area contributed by atoms with Gasteiger partial charge in [-0.25, -0.2) is 9.59 Å². The predicted octanol–water partition coefficient (Wildman–Crippen LogP) is 2.18. The molecule has 0 radical (unpaired) electrons. The van der Waals surface area contributed by atoms with Crippen LogP contribution in [-0.4, -0.2) is 35.6 Å². The van der Waals surface area contributed by atoms with Crippen LogP contribution in [0.3, 0.4) is 0 Å². The Kier molecular flexibility index (Phi) is 5.36. The van der Waals surface area contributed by atoms with Gasteiger partial charge in [0, 0.05) is 20.1 Å². The number of carbonyl (C=O) groups is 2.